The quantitative estimate of drug-likeness (QED) is 0.466. The van der Waals surface area contributed by atoms with Gasteiger partial charge in [0.05, 0.1) is 5.66 Å². The summed E-state index contributed by atoms with van der Waals surface area (Å²) in [6.07, 6.45) is 6.13. The van der Waals surface area contributed by atoms with Crippen molar-refractivity contribution in [1.29, 1.82) is 0 Å². The summed E-state index contributed by atoms with van der Waals surface area (Å²) in [6.45, 7) is 1.97. The molecule has 0 aromatic rings. The summed E-state index contributed by atoms with van der Waals surface area (Å²) in [4.78, 5) is 10.3. The van der Waals surface area contributed by atoms with E-state index >= 15 is 0 Å². The van der Waals surface area contributed by atoms with Crippen LogP contribution in [0.4, 0.5) is 0 Å². The molecule has 4 heteroatoms. The highest BCUT2D eigenvalue weighted by molar-refractivity contribution is 14.2. The van der Waals surface area contributed by atoms with Gasteiger partial charge in [-0.15, -0.1) is 0 Å². The van der Waals surface area contributed by atoms with Crippen molar-refractivity contribution in [3.05, 3.63) is 21.3 Å². The summed E-state index contributed by atoms with van der Waals surface area (Å²) in [6, 6.07) is 0. The van der Waals surface area contributed by atoms with Crippen LogP contribution in [0.25, 0.3) is 0 Å². The molecule has 1 aliphatic rings. The molecule has 0 amide bonds. The van der Waals surface area contributed by atoms with Crippen LogP contribution in [0.15, 0.2) is 21.3 Å². The number of halogens is 1. The van der Waals surface area contributed by atoms with Gasteiger partial charge < -0.3 is 16.3 Å². The number of carbonyl (C=O) groups excluding carboxylic acids is 1. The largest absolute Gasteiger partial charge is 0.310 e. The van der Waals surface area contributed by atoms with E-state index in [1.807, 2.05) is 19.1 Å². The molecule has 1 heterocycles. The van der Waals surface area contributed by atoms with Crippen LogP contribution in [0, 0.1) is 0 Å². The fourth-order valence-electron chi connectivity index (χ4n) is 1.03. The third kappa shape index (κ3) is 2.83. The molecular formula is C10H15IN2O. The van der Waals surface area contributed by atoms with Gasteiger partial charge in [0.2, 0.25) is 0 Å². The van der Waals surface area contributed by atoms with E-state index in [0.29, 0.717) is 6.42 Å². The van der Waals surface area contributed by atoms with Crippen molar-refractivity contribution in [2.75, 3.05) is 0 Å². The minimum Gasteiger partial charge on any atom is -0.310 e. The Balaban J connectivity index is 2.80. The third-order valence-electron chi connectivity index (χ3n) is 2.16. The van der Waals surface area contributed by atoms with Crippen molar-refractivity contribution >= 4 is 31.0 Å². The zero-order chi connectivity index (χ0) is 10.6. The molecule has 0 saturated heterocycles. The van der Waals surface area contributed by atoms with Gasteiger partial charge in [-0.25, -0.2) is 0 Å². The standard InChI is InChI=1S/C10H15IN2O/c1-2-10(12,13)8-3-4-9(5-6-14)11-7-8/h3-4,6-7H,2,5,12-13H2,1H3. The first-order valence-electron chi connectivity index (χ1n) is 4.49. The second-order valence-corrected chi connectivity index (χ2v) is 5.85. The number of hydrogen-bond acceptors (Lipinski definition) is 3. The highest BCUT2D eigenvalue weighted by Crippen LogP contribution is 2.25. The number of aldehydes is 1. The van der Waals surface area contributed by atoms with E-state index in [0.717, 1.165) is 18.3 Å². The Morgan fingerprint density at radius 1 is 1.50 bits per heavy atom. The van der Waals surface area contributed by atoms with Gasteiger partial charge in [0.1, 0.15) is 6.29 Å². The van der Waals surface area contributed by atoms with Crippen molar-refractivity contribution < 1.29 is 4.79 Å². The van der Waals surface area contributed by atoms with E-state index in [-0.39, 0.29) is 20.7 Å². The van der Waals surface area contributed by atoms with Crippen molar-refractivity contribution in [2.45, 2.75) is 25.4 Å². The molecular weight excluding hydrogens is 291 g/mol. The molecule has 1 aliphatic heterocycles. The number of carbonyl (C=O) groups is 1. The Hall–Kier alpha value is -0.330. The minimum absolute atomic E-state index is 0.193. The topological polar surface area (TPSA) is 69.1 Å². The molecule has 0 aromatic carbocycles. The maximum atomic E-state index is 10.3. The van der Waals surface area contributed by atoms with Crippen LogP contribution in [0.3, 0.4) is 0 Å². The van der Waals surface area contributed by atoms with E-state index in [2.05, 4.69) is 4.01 Å². The average molecular weight is 306 g/mol. The molecule has 14 heavy (non-hydrogen) atoms. The molecule has 0 spiro atoms. The van der Waals surface area contributed by atoms with Crippen molar-refractivity contribution in [3.63, 3.8) is 0 Å². The van der Waals surface area contributed by atoms with E-state index < -0.39 is 5.66 Å². The van der Waals surface area contributed by atoms with Gasteiger partial charge in [0.25, 0.3) is 0 Å². The molecule has 0 fully saturated rings. The van der Waals surface area contributed by atoms with Gasteiger partial charge in [0, 0.05) is 6.42 Å². The first-order chi connectivity index (χ1) is 6.60. The molecule has 4 N–H and O–H groups in total. The van der Waals surface area contributed by atoms with Gasteiger partial charge >= 0.3 is 0 Å². The monoisotopic (exact) mass is 306 g/mol. The van der Waals surface area contributed by atoms with Crippen molar-refractivity contribution in [2.24, 2.45) is 11.5 Å². The first kappa shape index (κ1) is 11.7. The van der Waals surface area contributed by atoms with Crippen LogP contribution < -0.4 is 11.5 Å². The van der Waals surface area contributed by atoms with Crippen LogP contribution in [-0.2, 0) is 4.79 Å². The fraction of sp³-hybridized carbons (Fsp3) is 0.400. The third-order valence-corrected chi connectivity index (χ3v) is 4.74. The second-order valence-electron chi connectivity index (χ2n) is 3.22. The highest BCUT2D eigenvalue weighted by Gasteiger charge is 2.20. The summed E-state index contributed by atoms with van der Waals surface area (Å²) < 4.78 is 3.33. The molecule has 78 valence electrons. The zero-order valence-corrected chi connectivity index (χ0v) is 10.3. The maximum absolute atomic E-state index is 10.3. The number of hydrogen-bond donors (Lipinski definition) is 2. The fourth-order valence-corrected chi connectivity index (χ4v) is 3.38. The molecule has 0 saturated carbocycles. The van der Waals surface area contributed by atoms with Crippen molar-refractivity contribution in [3.8, 4) is 0 Å². The lowest BCUT2D eigenvalue weighted by Gasteiger charge is -2.25. The number of rotatable bonds is 4. The molecule has 0 bridgehead atoms. The Kier molecular flexibility index (Phi) is 4.15. The summed E-state index contributed by atoms with van der Waals surface area (Å²) in [7, 11) is 0. The Labute approximate surface area is 94.0 Å². The maximum Gasteiger partial charge on any atom is 0.124 e. The lowest BCUT2D eigenvalue weighted by molar-refractivity contribution is -0.107. The normalized spacial score (nSPS) is 16.8. The number of allylic oxidation sites excluding steroid dienone is 3. The SMILES string of the molecule is CCC(N)(N)C1=CC=C(CC=O)I=C1. The van der Waals surface area contributed by atoms with Gasteiger partial charge in [-0.05, 0) is 19.6 Å². The van der Waals surface area contributed by atoms with E-state index in [1.54, 1.807) is 0 Å². The van der Waals surface area contributed by atoms with Crippen LogP contribution >= 0.6 is 20.7 Å². The Morgan fingerprint density at radius 3 is 2.64 bits per heavy atom. The van der Waals surface area contributed by atoms with Crippen LogP contribution in [0.2, 0.25) is 0 Å². The van der Waals surface area contributed by atoms with Gasteiger partial charge in [0.15, 0.2) is 0 Å². The lowest BCUT2D eigenvalue weighted by atomic mass is 10.00. The second kappa shape index (κ2) is 4.95. The molecule has 1 rings (SSSR count). The highest BCUT2D eigenvalue weighted by atomic mass is 127. The summed E-state index contributed by atoms with van der Waals surface area (Å²) >= 11 is -0.193. The summed E-state index contributed by atoms with van der Waals surface area (Å²) in [5.74, 6) is 0. The zero-order valence-electron chi connectivity index (χ0n) is 8.16. The van der Waals surface area contributed by atoms with Gasteiger partial charge in [-0.2, -0.15) is 0 Å². The van der Waals surface area contributed by atoms with Crippen LogP contribution in [-0.4, -0.2) is 16.0 Å². The van der Waals surface area contributed by atoms with Gasteiger partial charge in [-0.3, -0.25) is 0 Å². The molecule has 0 unspecified atom stereocenters. The predicted molar refractivity (Wildman–Crippen MR) is 68.3 cm³/mol. The van der Waals surface area contributed by atoms with Crippen molar-refractivity contribution in [1.82, 2.24) is 0 Å². The Bertz CT molecular complexity index is 316. The molecule has 0 atom stereocenters. The van der Waals surface area contributed by atoms with Gasteiger partial charge in [-0.1, -0.05) is 39.8 Å². The Morgan fingerprint density at radius 2 is 2.21 bits per heavy atom. The first-order valence-corrected chi connectivity index (χ1v) is 6.82. The van der Waals surface area contributed by atoms with E-state index in [4.69, 9.17) is 11.5 Å². The number of nitrogens with two attached hydrogens (primary N) is 2. The minimum atomic E-state index is -0.705. The molecule has 0 aromatic heterocycles. The molecule has 0 aliphatic carbocycles. The van der Waals surface area contributed by atoms with Crippen LogP contribution in [0.1, 0.15) is 19.8 Å². The average Bonchev–Trinajstić information content (AvgIpc) is 2.19. The summed E-state index contributed by atoms with van der Waals surface area (Å²) in [5.41, 5.74) is 12.1. The molecule has 0 radical (unpaired) electrons. The van der Waals surface area contributed by atoms with E-state index in [9.17, 15) is 4.79 Å². The predicted octanol–water partition coefficient (Wildman–Crippen LogP) is 1.20. The van der Waals surface area contributed by atoms with Crippen LogP contribution in [0.5, 0.6) is 0 Å². The lowest BCUT2D eigenvalue weighted by Crippen LogP contribution is -2.50. The smallest absolute Gasteiger partial charge is 0.124 e. The summed E-state index contributed by atoms with van der Waals surface area (Å²) in [5, 5.41) is 0. The molecule has 3 nitrogen and oxygen atoms in total. The van der Waals surface area contributed by atoms with E-state index in [1.165, 1.54) is 3.58 Å².